The van der Waals surface area contributed by atoms with Crippen molar-refractivity contribution in [2.45, 2.75) is 13.5 Å². The van der Waals surface area contributed by atoms with Crippen molar-refractivity contribution in [2.75, 3.05) is 16.3 Å². The molecule has 0 aliphatic heterocycles. The molecule has 2 rings (SSSR count). The number of aromatic nitrogens is 1. The molecule has 1 aromatic heterocycles. The number of benzene rings is 1. The Bertz CT molecular complexity index is 652. The minimum atomic E-state index is -3.24. The minimum Gasteiger partial charge on any atom is -0.379 e. The summed E-state index contributed by atoms with van der Waals surface area (Å²) in [6.45, 7) is 2.52. The molecule has 0 radical (unpaired) electrons. The molecule has 0 bridgehead atoms. The largest absolute Gasteiger partial charge is 0.379 e. The van der Waals surface area contributed by atoms with Crippen molar-refractivity contribution in [3.8, 4) is 0 Å². The number of sulfonamides is 1. The lowest BCUT2D eigenvalue weighted by Gasteiger charge is -2.10. The van der Waals surface area contributed by atoms with Gasteiger partial charge in [0.25, 0.3) is 0 Å². The predicted molar refractivity (Wildman–Crippen MR) is 79.1 cm³/mol. The van der Waals surface area contributed by atoms with Crippen molar-refractivity contribution in [3.05, 3.63) is 40.3 Å². The zero-order valence-corrected chi connectivity index (χ0v) is 12.3. The molecule has 2 aromatic rings. The van der Waals surface area contributed by atoms with Gasteiger partial charge >= 0.3 is 0 Å². The molecule has 1 heterocycles. The van der Waals surface area contributed by atoms with Crippen LogP contribution in [0.3, 0.4) is 0 Å². The molecule has 5 nitrogen and oxygen atoms in total. The van der Waals surface area contributed by atoms with E-state index in [1.54, 1.807) is 22.9 Å². The van der Waals surface area contributed by atoms with E-state index < -0.39 is 10.0 Å². The van der Waals surface area contributed by atoms with Crippen molar-refractivity contribution >= 4 is 32.7 Å². The van der Waals surface area contributed by atoms with Crippen LogP contribution in [0.4, 0.5) is 11.4 Å². The average molecular weight is 297 g/mol. The van der Waals surface area contributed by atoms with E-state index in [1.165, 1.54) is 0 Å². The number of aryl methyl sites for hydroxylation is 1. The fourth-order valence-electron chi connectivity index (χ4n) is 1.61. The average Bonchev–Trinajstić information content (AvgIpc) is 2.81. The lowest BCUT2D eigenvalue weighted by atomic mass is 10.2. The third kappa shape index (κ3) is 4.22. The molecule has 0 aliphatic rings. The van der Waals surface area contributed by atoms with Crippen molar-refractivity contribution in [3.63, 3.8) is 0 Å². The van der Waals surface area contributed by atoms with Gasteiger partial charge < -0.3 is 5.32 Å². The van der Waals surface area contributed by atoms with Crippen molar-refractivity contribution in [1.82, 2.24) is 4.98 Å². The zero-order valence-electron chi connectivity index (χ0n) is 10.7. The van der Waals surface area contributed by atoms with Gasteiger partial charge in [0.1, 0.15) is 0 Å². The van der Waals surface area contributed by atoms with Crippen molar-refractivity contribution < 1.29 is 8.42 Å². The molecule has 19 heavy (non-hydrogen) atoms. The zero-order chi connectivity index (χ0) is 13.9. The van der Waals surface area contributed by atoms with Crippen LogP contribution in [0.1, 0.15) is 11.3 Å². The van der Waals surface area contributed by atoms with E-state index in [9.17, 15) is 8.42 Å². The highest BCUT2D eigenvalue weighted by Gasteiger charge is 2.05. The molecule has 0 saturated heterocycles. The summed E-state index contributed by atoms with van der Waals surface area (Å²) in [7, 11) is -3.24. The first-order valence-electron chi connectivity index (χ1n) is 5.63. The lowest BCUT2D eigenvalue weighted by molar-refractivity contribution is 0.607. The van der Waals surface area contributed by atoms with E-state index in [1.807, 2.05) is 24.4 Å². The maximum Gasteiger partial charge on any atom is 0.229 e. The van der Waals surface area contributed by atoms with Crippen LogP contribution < -0.4 is 10.0 Å². The van der Waals surface area contributed by atoms with Gasteiger partial charge in [-0.3, -0.25) is 4.72 Å². The summed E-state index contributed by atoms with van der Waals surface area (Å²) < 4.78 is 24.9. The molecule has 0 spiro atoms. The number of anilines is 2. The summed E-state index contributed by atoms with van der Waals surface area (Å²) in [5.74, 6) is 0. The lowest BCUT2D eigenvalue weighted by Crippen LogP contribution is -2.10. The second kappa shape index (κ2) is 5.58. The summed E-state index contributed by atoms with van der Waals surface area (Å²) in [6.07, 6.45) is 1.14. The van der Waals surface area contributed by atoms with E-state index in [-0.39, 0.29) is 0 Å². The SMILES string of the molecule is Cc1cc(NCc2cscn2)ccc1NS(C)(=O)=O. The Labute approximate surface area is 116 Å². The molecule has 0 unspecified atom stereocenters. The predicted octanol–water partition coefficient (Wildman–Crippen LogP) is 2.44. The molecule has 102 valence electrons. The number of hydrogen-bond donors (Lipinski definition) is 2. The fourth-order valence-corrected chi connectivity index (χ4v) is 2.79. The quantitative estimate of drug-likeness (QED) is 0.889. The molecule has 2 N–H and O–H groups in total. The first-order valence-corrected chi connectivity index (χ1v) is 8.47. The van der Waals surface area contributed by atoms with Gasteiger partial charge in [-0.15, -0.1) is 11.3 Å². The minimum absolute atomic E-state index is 0.599. The van der Waals surface area contributed by atoms with Gasteiger partial charge in [-0.05, 0) is 30.7 Å². The summed E-state index contributed by atoms with van der Waals surface area (Å²) >= 11 is 1.56. The number of rotatable bonds is 5. The van der Waals surface area contributed by atoms with Gasteiger partial charge in [0.05, 0.1) is 29.7 Å². The first-order chi connectivity index (χ1) is 8.94. The van der Waals surface area contributed by atoms with Crippen LogP contribution in [0.25, 0.3) is 0 Å². The summed E-state index contributed by atoms with van der Waals surface area (Å²) in [5, 5.41) is 5.23. The second-order valence-corrected chi connectivity index (χ2v) is 6.70. The van der Waals surface area contributed by atoms with Crippen LogP contribution >= 0.6 is 11.3 Å². The number of thiazole rings is 1. The summed E-state index contributed by atoms with van der Waals surface area (Å²) in [6, 6.07) is 5.49. The van der Waals surface area contributed by atoms with Gasteiger partial charge in [-0.1, -0.05) is 0 Å². The van der Waals surface area contributed by atoms with Crippen LogP contribution in [0.15, 0.2) is 29.1 Å². The van der Waals surface area contributed by atoms with Crippen LogP contribution in [0.5, 0.6) is 0 Å². The van der Waals surface area contributed by atoms with Crippen LogP contribution in [-0.2, 0) is 16.6 Å². The maximum atomic E-state index is 11.2. The van der Waals surface area contributed by atoms with Crippen LogP contribution in [0, 0.1) is 6.92 Å². The smallest absolute Gasteiger partial charge is 0.229 e. The molecule has 7 heteroatoms. The van der Waals surface area contributed by atoms with E-state index in [2.05, 4.69) is 15.0 Å². The maximum absolute atomic E-state index is 11.2. The third-order valence-electron chi connectivity index (χ3n) is 2.48. The van der Waals surface area contributed by atoms with Gasteiger partial charge in [-0.2, -0.15) is 0 Å². The highest BCUT2D eigenvalue weighted by molar-refractivity contribution is 7.92. The Morgan fingerprint density at radius 1 is 1.37 bits per heavy atom. The Morgan fingerprint density at radius 3 is 2.74 bits per heavy atom. The van der Waals surface area contributed by atoms with Gasteiger partial charge in [0.15, 0.2) is 0 Å². The molecule has 0 atom stereocenters. The Balaban J connectivity index is 2.06. The number of nitrogens with one attached hydrogen (secondary N) is 2. The highest BCUT2D eigenvalue weighted by Crippen LogP contribution is 2.21. The van der Waals surface area contributed by atoms with Crippen LogP contribution in [0.2, 0.25) is 0 Å². The number of hydrogen-bond acceptors (Lipinski definition) is 5. The molecule has 0 amide bonds. The van der Waals surface area contributed by atoms with E-state index in [0.29, 0.717) is 12.2 Å². The van der Waals surface area contributed by atoms with Crippen molar-refractivity contribution in [2.24, 2.45) is 0 Å². The standard InChI is InChI=1S/C12H15N3O2S2/c1-9-5-10(13-6-11-7-18-8-14-11)3-4-12(9)15-19(2,16)17/h3-5,7-8,13,15H,6H2,1-2H3. The molecule has 0 saturated carbocycles. The Kier molecular flexibility index (Phi) is 4.06. The summed E-state index contributed by atoms with van der Waals surface area (Å²) in [4.78, 5) is 4.18. The molecule has 1 aromatic carbocycles. The summed E-state index contributed by atoms with van der Waals surface area (Å²) in [5.41, 5.74) is 5.18. The topological polar surface area (TPSA) is 71.1 Å². The van der Waals surface area contributed by atoms with E-state index >= 15 is 0 Å². The Hall–Kier alpha value is -1.60. The normalized spacial score (nSPS) is 11.3. The van der Waals surface area contributed by atoms with Crippen molar-refractivity contribution in [1.29, 1.82) is 0 Å². The molecule has 0 aliphatic carbocycles. The van der Waals surface area contributed by atoms with Gasteiger partial charge in [0, 0.05) is 11.1 Å². The Morgan fingerprint density at radius 2 is 2.16 bits per heavy atom. The van der Waals surface area contributed by atoms with E-state index in [4.69, 9.17) is 0 Å². The highest BCUT2D eigenvalue weighted by atomic mass is 32.2. The molecular weight excluding hydrogens is 282 g/mol. The van der Waals surface area contributed by atoms with Crippen LogP contribution in [-0.4, -0.2) is 19.7 Å². The molecule has 0 fully saturated rings. The first kappa shape index (κ1) is 13.8. The monoisotopic (exact) mass is 297 g/mol. The van der Waals surface area contributed by atoms with E-state index in [0.717, 1.165) is 23.2 Å². The second-order valence-electron chi connectivity index (χ2n) is 4.24. The van der Waals surface area contributed by atoms with Gasteiger partial charge in [0.2, 0.25) is 10.0 Å². The fraction of sp³-hybridized carbons (Fsp3) is 0.250. The molecular formula is C12H15N3O2S2. The van der Waals surface area contributed by atoms with Gasteiger partial charge in [-0.25, -0.2) is 13.4 Å². The number of nitrogens with zero attached hydrogens (tertiary/aromatic N) is 1. The third-order valence-corrected chi connectivity index (χ3v) is 3.70.